The first-order chi connectivity index (χ1) is 9.58. The van der Waals surface area contributed by atoms with Crippen LogP contribution in [-0.2, 0) is 6.54 Å². The van der Waals surface area contributed by atoms with Crippen molar-refractivity contribution in [1.82, 2.24) is 0 Å². The Labute approximate surface area is 116 Å². The van der Waals surface area contributed by atoms with Gasteiger partial charge in [0.15, 0.2) is 0 Å². The molecule has 2 aromatic rings. The number of anilines is 1. The van der Waals surface area contributed by atoms with Crippen molar-refractivity contribution in [2.75, 3.05) is 4.90 Å². The van der Waals surface area contributed by atoms with Crippen molar-refractivity contribution in [1.29, 1.82) is 0 Å². The topological polar surface area (TPSA) is 57.6 Å². The summed E-state index contributed by atoms with van der Waals surface area (Å²) in [7, 11) is 0. The SMILES string of the molecule is Cc1ccc(N2Cc3cccc(C(=O)O)c3C2=O)cc1. The maximum Gasteiger partial charge on any atom is 0.336 e. The van der Waals surface area contributed by atoms with Crippen molar-refractivity contribution in [2.24, 2.45) is 0 Å². The number of fused-ring (bicyclic) bond motifs is 1. The number of aromatic carboxylic acids is 1. The number of aryl methyl sites for hydroxylation is 1. The van der Waals surface area contributed by atoms with Crippen LogP contribution < -0.4 is 4.90 Å². The number of carboxylic acid groups (broad SMARTS) is 1. The van der Waals surface area contributed by atoms with E-state index in [1.807, 2.05) is 31.2 Å². The van der Waals surface area contributed by atoms with Gasteiger partial charge in [0, 0.05) is 5.69 Å². The standard InChI is InChI=1S/C16H13NO3/c1-10-5-7-12(8-6-10)17-9-11-3-2-4-13(16(19)20)14(11)15(17)18/h2-8H,9H2,1H3,(H,19,20). The van der Waals surface area contributed by atoms with Crippen LogP contribution in [0.5, 0.6) is 0 Å². The van der Waals surface area contributed by atoms with Crippen LogP contribution in [0.4, 0.5) is 5.69 Å². The number of amides is 1. The van der Waals surface area contributed by atoms with Crippen molar-refractivity contribution < 1.29 is 14.7 Å². The molecule has 20 heavy (non-hydrogen) atoms. The average molecular weight is 267 g/mol. The number of benzene rings is 2. The van der Waals surface area contributed by atoms with Crippen molar-refractivity contribution >= 4 is 17.6 Å². The van der Waals surface area contributed by atoms with Gasteiger partial charge in [-0.05, 0) is 30.7 Å². The lowest BCUT2D eigenvalue weighted by atomic mass is 10.0. The Morgan fingerprint density at radius 3 is 2.50 bits per heavy atom. The van der Waals surface area contributed by atoms with Crippen LogP contribution in [0.15, 0.2) is 42.5 Å². The molecule has 0 radical (unpaired) electrons. The number of carbonyl (C=O) groups excluding carboxylic acids is 1. The van der Waals surface area contributed by atoms with Gasteiger partial charge in [-0.3, -0.25) is 4.79 Å². The molecule has 3 rings (SSSR count). The highest BCUT2D eigenvalue weighted by Crippen LogP contribution is 2.30. The first-order valence-corrected chi connectivity index (χ1v) is 6.31. The molecule has 1 aliphatic heterocycles. The number of rotatable bonds is 2. The van der Waals surface area contributed by atoms with Gasteiger partial charge in [0.25, 0.3) is 5.91 Å². The third kappa shape index (κ3) is 1.86. The van der Waals surface area contributed by atoms with Gasteiger partial charge >= 0.3 is 5.97 Å². The normalized spacial score (nSPS) is 13.4. The van der Waals surface area contributed by atoms with Crippen molar-refractivity contribution in [3.63, 3.8) is 0 Å². The summed E-state index contributed by atoms with van der Waals surface area (Å²) in [4.78, 5) is 25.3. The molecular weight excluding hydrogens is 254 g/mol. The Kier molecular flexibility index (Phi) is 2.79. The predicted molar refractivity (Wildman–Crippen MR) is 75.1 cm³/mol. The van der Waals surface area contributed by atoms with E-state index in [1.54, 1.807) is 17.0 Å². The lowest BCUT2D eigenvalue weighted by molar-refractivity contribution is 0.0692. The number of hydrogen-bond acceptors (Lipinski definition) is 2. The Morgan fingerprint density at radius 2 is 1.85 bits per heavy atom. The van der Waals surface area contributed by atoms with Gasteiger partial charge in [0.1, 0.15) is 0 Å². The summed E-state index contributed by atoms with van der Waals surface area (Å²) in [5.41, 5.74) is 3.04. The summed E-state index contributed by atoms with van der Waals surface area (Å²) in [6, 6.07) is 12.6. The molecule has 1 aliphatic rings. The van der Waals surface area contributed by atoms with Gasteiger partial charge in [-0.2, -0.15) is 0 Å². The van der Waals surface area contributed by atoms with Gasteiger partial charge in [-0.25, -0.2) is 4.79 Å². The monoisotopic (exact) mass is 267 g/mol. The zero-order valence-corrected chi connectivity index (χ0v) is 11.0. The first kappa shape index (κ1) is 12.4. The van der Waals surface area contributed by atoms with Crippen LogP contribution in [0.2, 0.25) is 0 Å². The highest BCUT2D eigenvalue weighted by atomic mass is 16.4. The third-order valence-corrected chi connectivity index (χ3v) is 3.51. The van der Waals surface area contributed by atoms with E-state index in [9.17, 15) is 14.7 Å². The van der Waals surface area contributed by atoms with Gasteiger partial charge in [-0.1, -0.05) is 29.8 Å². The maximum absolute atomic E-state index is 12.5. The lowest BCUT2D eigenvalue weighted by Crippen LogP contribution is -2.23. The minimum Gasteiger partial charge on any atom is -0.478 e. The number of carboxylic acids is 1. The van der Waals surface area contributed by atoms with Gasteiger partial charge < -0.3 is 10.0 Å². The molecular formula is C16H13NO3. The molecule has 1 amide bonds. The highest BCUT2D eigenvalue weighted by Gasteiger charge is 2.32. The Morgan fingerprint density at radius 1 is 1.15 bits per heavy atom. The van der Waals surface area contributed by atoms with E-state index in [-0.39, 0.29) is 11.5 Å². The fraction of sp³-hybridized carbons (Fsp3) is 0.125. The third-order valence-electron chi connectivity index (χ3n) is 3.51. The molecule has 4 nitrogen and oxygen atoms in total. The summed E-state index contributed by atoms with van der Waals surface area (Å²) < 4.78 is 0. The summed E-state index contributed by atoms with van der Waals surface area (Å²) in [5, 5.41) is 9.19. The van der Waals surface area contributed by atoms with E-state index in [4.69, 9.17) is 0 Å². The zero-order valence-electron chi connectivity index (χ0n) is 11.0. The second-order valence-corrected chi connectivity index (χ2v) is 4.87. The molecule has 1 heterocycles. The van der Waals surface area contributed by atoms with E-state index in [2.05, 4.69) is 0 Å². The highest BCUT2D eigenvalue weighted by molar-refractivity contribution is 6.15. The van der Waals surface area contributed by atoms with E-state index in [0.29, 0.717) is 12.1 Å². The second kappa shape index (κ2) is 4.49. The average Bonchev–Trinajstić information content (AvgIpc) is 2.77. The van der Waals surface area contributed by atoms with Gasteiger partial charge in [0.2, 0.25) is 0 Å². The molecule has 1 N–H and O–H groups in total. The minimum absolute atomic E-state index is 0.0714. The molecule has 0 saturated heterocycles. The molecule has 100 valence electrons. The molecule has 0 atom stereocenters. The molecule has 0 unspecified atom stereocenters. The van der Waals surface area contributed by atoms with E-state index < -0.39 is 5.97 Å². The molecule has 0 spiro atoms. The summed E-state index contributed by atoms with van der Waals surface area (Å²) in [5.74, 6) is -1.32. The molecule has 4 heteroatoms. The zero-order chi connectivity index (χ0) is 14.3. The number of hydrogen-bond donors (Lipinski definition) is 1. The van der Waals surface area contributed by atoms with Crippen LogP contribution in [0, 0.1) is 6.92 Å². The van der Waals surface area contributed by atoms with Crippen molar-refractivity contribution in [3.05, 3.63) is 64.7 Å². The van der Waals surface area contributed by atoms with Crippen LogP contribution in [0.1, 0.15) is 31.8 Å². The summed E-state index contributed by atoms with van der Waals surface area (Å²) in [6.07, 6.45) is 0. The quantitative estimate of drug-likeness (QED) is 0.910. The predicted octanol–water partition coefficient (Wildman–Crippen LogP) is 2.85. The van der Waals surface area contributed by atoms with Crippen molar-refractivity contribution in [2.45, 2.75) is 13.5 Å². The van der Waals surface area contributed by atoms with Crippen molar-refractivity contribution in [3.8, 4) is 0 Å². The Bertz CT molecular complexity index is 704. The van der Waals surface area contributed by atoms with Gasteiger partial charge in [0.05, 0.1) is 17.7 Å². The number of nitrogens with zero attached hydrogens (tertiary/aromatic N) is 1. The summed E-state index contributed by atoms with van der Waals surface area (Å²) >= 11 is 0. The fourth-order valence-electron chi connectivity index (χ4n) is 2.47. The van der Waals surface area contributed by atoms with E-state index in [0.717, 1.165) is 16.8 Å². The molecule has 0 bridgehead atoms. The Hall–Kier alpha value is -2.62. The smallest absolute Gasteiger partial charge is 0.336 e. The second-order valence-electron chi connectivity index (χ2n) is 4.87. The van der Waals surface area contributed by atoms with Crippen LogP contribution in [-0.4, -0.2) is 17.0 Å². The Balaban J connectivity index is 2.05. The van der Waals surface area contributed by atoms with E-state index in [1.165, 1.54) is 6.07 Å². The minimum atomic E-state index is -1.07. The van der Waals surface area contributed by atoms with Crippen LogP contribution >= 0.6 is 0 Å². The molecule has 0 aliphatic carbocycles. The van der Waals surface area contributed by atoms with E-state index >= 15 is 0 Å². The van der Waals surface area contributed by atoms with Crippen LogP contribution in [0.3, 0.4) is 0 Å². The fourth-order valence-corrected chi connectivity index (χ4v) is 2.47. The summed E-state index contributed by atoms with van der Waals surface area (Å²) in [6.45, 7) is 2.39. The molecule has 0 fully saturated rings. The maximum atomic E-state index is 12.5. The lowest BCUT2D eigenvalue weighted by Gasteiger charge is -2.15. The largest absolute Gasteiger partial charge is 0.478 e. The van der Waals surface area contributed by atoms with Crippen LogP contribution in [0.25, 0.3) is 0 Å². The molecule has 0 saturated carbocycles. The molecule has 2 aromatic carbocycles. The van der Waals surface area contributed by atoms with Gasteiger partial charge in [-0.15, -0.1) is 0 Å². The molecule has 0 aromatic heterocycles. The first-order valence-electron chi connectivity index (χ1n) is 6.31. The number of carbonyl (C=O) groups is 2.